The lowest BCUT2D eigenvalue weighted by molar-refractivity contribution is 0.384. The maximum absolute atomic E-state index is 12.9. The molecule has 2 aromatic rings. The molecule has 134 valence electrons. The maximum Gasteiger partial charge on any atom is 0.243 e. The Kier molecular flexibility index (Phi) is 4.89. The molecular formula is C20H26N2O2S. The van der Waals surface area contributed by atoms with Gasteiger partial charge in [0.25, 0.3) is 0 Å². The van der Waals surface area contributed by atoms with Gasteiger partial charge in [0, 0.05) is 31.9 Å². The number of sulfonamides is 1. The van der Waals surface area contributed by atoms with Crippen molar-refractivity contribution in [1.29, 1.82) is 0 Å². The highest BCUT2D eigenvalue weighted by Crippen LogP contribution is 2.28. The zero-order valence-corrected chi connectivity index (χ0v) is 16.2. The first-order chi connectivity index (χ1) is 11.8. The number of nitrogens with zero attached hydrogens (tertiary/aromatic N) is 2. The monoisotopic (exact) mass is 358 g/mol. The normalized spacial score (nSPS) is 16.2. The van der Waals surface area contributed by atoms with Crippen LogP contribution in [0.2, 0.25) is 0 Å². The van der Waals surface area contributed by atoms with Gasteiger partial charge >= 0.3 is 0 Å². The highest BCUT2D eigenvalue weighted by Gasteiger charge is 2.30. The standard InChI is InChI=1S/C20H26N2O2S/c1-15-13-17(3)20(18(4)14-15)21-9-11-22(12-10-21)25(23,24)19-8-6-5-7-16(19)2/h5-8,13-14H,9-12H2,1-4H3. The van der Waals surface area contributed by atoms with Crippen LogP contribution in [-0.2, 0) is 10.0 Å². The van der Waals surface area contributed by atoms with E-state index in [9.17, 15) is 8.42 Å². The zero-order valence-electron chi connectivity index (χ0n) is 15.4. The van der Waals surface area contributed by atoms with Crippen LogP contribution in [-0.4, -0.2) is 38.9 Å². The van der Waals surface area contributed by atoms with Crippen molar-refractivity contribution in [2.75, 3.05) is 31.1 Å². The largest absolute Gasteiger partial charge is 0.368 e. The Balaban J connectivity index is 1.80. The zero-order chi connectivity index (χ0) is 18.2. The molecule has 0 saturated carbocycles. The summed E-state index contributed by atoms with van der Waals surface area (Å²) in [6.07, 6.45) is 0. The number of hydrogen-bond donors (Lipinski definition) is 0. The van der Waals surface area contributed by atoms with Crippen LogP contribution >= 0.6 is 0 Å². The topological polar surface area (TPSA) is 40.6 Å². The Bertz CT molecular complexity index is 859. The van der Waals surface area contributed by atoms with E-state index in [2.05, 4.69) is 37.8 Å². The lowest BCUT2D eigenvalue weighted by Gasteiger charge is -2.37. The third kappa shape index (κ3) is 3.44. The number of rotatable bonds is 3. The van der Waals surface area contributed by atoms with Gasteiger partial charge in [-0.1, -0.05) is 35.9 Å². The fraction of sp³-hybridized carbons (Fsp3) is 0.400. The molecule has 0 N–H and O–H groups in total. The first kappa shape index (κ1) is 18.0. The average Bonchev–Trinajstić information content (AvgIpc) is 2.54. The van der Waals surface area contributed by atoms with Gasteiger partial charge in [-0.05, 0) is 50.5 Å². The molecule has 0 spiro atoms. The maximum atomic E-state index is 12.9. The van der Waals surface area contributed by atoms with Gasteiger partial charge in [0.05, 0.1) is 4.90 Å². The van der Waals surface area contributed by atoms with Crippen molar-refractivity contribution in [3.8, 4) is 0 Å². The second kappa shape index (κ2) is 6.81. The molecule has 0 aliphatic carbocycles. The minimum absolute atomic E-state index is 0.422. The highest BCUT2D eigenvalue weighted by atomic mass is 32.2. The van der Waals surface area contributed by atoms with Crippen LogP contribution in [0.15, 0.2) is 41.3 Å². The summed E-state index contributed by atoms with van der Waals surface area (Å²) in [6.45, 7) is 10.7. The average molecular weight is 359 g/mol. The van der Waals surface area contributed by atoms with Gasteiger partial charge in [-0.15, -0.1) is 0 Å². The molecule has 0 amide bonds. The van der Waals surface area contributed by atoms with Crippen LogP contribution in [0.3, 0.4) is 0 Å². The third-order valence-electron chi connectivity index (χ3n) is 4.90. The van der Waals surface area contributed by atoms with Crippen LogP contribution in [0.1, 0.15) is 22.3 Å². The first-order valence-corrected chi connectivity index (χ1v) is 10.1. The fourth-order valence-corrected chi connectivity index (χ4v) is 5.46. The van der Waals surface area contributed by atoms with Gasteiger partial charge in [0.2, 0.25) is 10.0 Å². The van der Waals surface area contributed by atoms with Gasteiger partial charge in [0.1, 0.15) is 0 Å². The van der Waals surface area contributed by atoms with E-state index in [0.717, 1.165) is 18.7 Å². The smallest absolute Gasteiger partial charge is 0.243 e. The fourth-order valence-electron chi connectivity index (χ4n) is 3.81. The van der Waals surface area contributed by atoms with Gasteiger partial charge in [-0.2, -0.15) is 4.31 Å². The number of hydrogen-bond acceptors (Lipinski definition) is 3. The molecular weight excluding hydrogens is 332 g/mol. The quantitative estimate of drug-likeness (QED) is 0.844. The lowest BCUT2D eigenvalue weighted by Crippen LogP contribution is -2.49. The summed E-state index contributed by atoms with van der Waals surface area (Å²) in [5, 5.41) is 0. The molecule has 0 bridgehead atoms. The molecule has 1 fully saturated rings. The Morgan fingerprint density at radius 1 is 0.800 bits per heavy atom. The van der Waals surface area contributed by atoms with Crippen molar-refractivity contribution in [2.45, 2.75) is 32.6 Å². The second-order valence-electron chi connectivity index (χ2n) is 6.90. The third-order valence-corrected chi connectivity index (χ3v) is 6.96. The molecule has 25 heavy (non-hydrogen) atoms. The van der Waals surface area contributed by atoms with Crippen LogP contribution < -0.4 is 4.90 Å². The van der Waals surface area contributed by atoms with Crippen molar-refractivity contribution in [3.05, 3.63) is 58.7 Å². The van der Waals surface area contributed by atoms with Gasteiger partial charge < -0.3 is 4.90 Å². The summed E-state index contributed by atoms with van der Waals surface area (Å²) in [5.41, 5.74) is 5.83. The number of benzene rings is 2. The summed E-state index contributed by atoms with van der Waals surface area (Å²) in [7, 11) is -3.42. The van der Waals surface area contributed by atoms with E-state index in [1.165, 1.54) is 22.4 Å². The number of anilines is 1. The predicted molar refractivity (Wildman–Crippen MR) is 103 cm³/mol. The molecule has 0 unspecified atom stereocenters. The molecule has 0 radical (unpaired) electrons. The minimum Gasteiger partial charge on any atom is -0.368 e. The van der Waals surface area contributed by atoms with Crippen LogP contribution in [0, 0.1) is 27.7 Å². The second-order valence-corrected chi connectivity index (χ2v) is 8.81. The van der Waals surface area contributed by atoms with Crippen LogP contribution in [0.4, 0.5) is 5.69 Å². The van der Waals surface area contributed by atoms with Crippen molar-refractivity contribution >= 4 is 15.7 Å². The SMILES string of the molecule is Cc1cc(C)c(N2CCN(S(=O)(=O)c3ccccc3C)CC2)c(C)c1. The Hall–Kier alpha value is -1.85. The summed E-state index contributed by atoms with van der Waals surface area (Å²) >= 11 is 0. The van der Waals surface area contributed by atoms with E-state index in [1.807, 2.05) is 19.1 Å². The Morgan fingerprint density at radius 2 is 1.36 bits per heavy atom. The first-order valence-electron chi connectivity index (χ1n) is 8.69. The van der Waals surface area contributed by atoms with E-state index >= 15 is 0 Å². The van der Waals surface area contributed by atoms with Gasteiger partial charge in [0.15, 0.2) is 0 Å². The summed E-state index contributed by atoms with van der Waals surface area (Å²) in [4.78, 5) is 2.74. The Labute approximate surface area is 151 Å². The van der Waals surface area contributed by atoms with Crippen molar-refractivity contribution in [3.63, 3.8) is 0 Å². The summed E-state index contributed by atoms with van der Waals surface area (Å²) < 4.78 is 27.5. The minimum atomic E-state index is -3.42. The molecule has 0 atom stereocenters. The van der Waals surface area contributed by atoms with Crippen LogP contribution in [0.5, 0.6) is 0 Å². The predicted octanol–water partition coefficient (Wildman–Crippen LogP) is 3.43. The highest BCUT2D eigenvalue weighted by molar-refractivity contribution is 7.89. The molecule has 1 heterocycles. The molecule has 1 saturated heterocycles. The Morgan fingerprint density at radius 3 is 1.92 bits per heavy atom. The number of piperazine rings is 1. The van der Waals surface area contributed by atoms with Crippen molar-refractivity contribution in [2.24, 2.45) is 0 Å². The van der Waals surface area contributed by atoms with E-state index in [0.29, 0.717) is 18.0 Å². The van der Waals surface area contributed by atoms with E-state index in [-0.39, 0.29) is 0 Å². The molecule has 0 aromatic heterocycles. The van der Waals surface area contributed by atoms with E-state index < -0.39 is 10.0 Å². The molecule has 5 heteroatoms. The van der Waals surface area contributed by atoms with Crippen molar-refractivity contribution < 1.29 is 8.42 Å². The van der Waals surface area contributed by atoms with E-state index in [4.69, 9.17) is 0 Å². The van der Waals surface area contributed by atoms with Crippen LogP contribution in [0.25, 0.3) is 0 Å². The number of aryl methyl sites for hydroxylation is 4. The van der Waals surface area contributed by atoms with E-state index in [1.54, 1.807) is 16.4 Å². The molecule has 1 aliphatic rings. The summed E-state index contributed by atoms with van der Waals surface area (Å²) in [5.74, 6) is 0. The lowest BCUT2D eigenvalue weighted by atomic mass is 10.0. The van der Waals surface area contributed by atoms with Crippen molar-refractivity contribution in [1.82, 2.24) is 4.31 Å². The molecule has 3 rings (SSSR count). The molecule has 4 nitrogen and oxygen atoms in total. The van der Waals surface area contributed by atoms with Gasteiger partial charge in [-0.3, -0.25) is 0 Å². The summed E-state index contributed by atoms with van der Waals surface area (Å²) in [6, 6.07) is 11.6. The molecule has 2 aromatic carbocycles. The van der Waals surface area contributed by atoms with Gasteiger partial charge in [-0.25, -0.2) is 8.42 Å². The molecule has 1 aliphatic heterocycles.